The van der Waals surface area contributed by atoms with Crippen LogP contribution in [0.2, 0.25) is 0 Å². The van der Waals surface area contributed by atoms with Crippen LogP contribution in [0.3, 0.4) is 0 Å². The predicted octanol–water partition coefficient (Wildman–Crippen LogP) is 2.67. The lowest BCUT2D eigenvalue weighted by Crippen LogP contribution is -2.29. The number of likely N-dealkylation sites (tertiary alicyclic amines) is 1. The second-order valence-corrected chi connectivity index (χ2v) is 5.67. The van der Waals surface area contributed by atoms with Gasteiger partial charge in [0.25, 0.3) is 0 Å². The average molecular weight is 304 g/mol. The van der Waals surface area contributed by atoms with Crippen LogP contribution < -0.4 is 10.1 Å². The van der Waals surface area contributed by atoms with Gasteiger partial charge in [-0.1, -0.05) is 25.8 Å². The molecule has 0 aromatic heterocycles. The fourth-order valence-corrected chi connectivity index (χ4v) is 2.66. The molecule has 1 heterocycles. The number of benzene rings is 1. The molecule has 0 saturated carbocycles. The van der Waals surface area contributed by atoms with Crippen LogP contribution in [0.4, 0.5) is 5.69 Å². The molecule has 1 aromatic carbocycles. The molecule has 1 N–H and O–H groups in total. The maximum Gasteiger partial charge on any atom is 0.229 e. The van der Waals surface area contributed by atoms with Crippen LogP contribution in [0.15, 0.2) is 24.3 Å². The van der Waals surface area contributed by atoms with Gasteiger partial charge >= 0.3 is 0 Å². The molecular weight excluding hydrogens is 280 g/mol. The Bertz CT molecular complexity index is 530. The van der Waals surface area contributed by atoms with Crippen LogP contribution in [-0.2, 0) is 9.59 Å². The van der Waals surface area contributed by atoms with Gasteiger partial charge in [-0.15, -0.1) is 0 Å². The highest BCUT2D eigenvalue weighted by Crippen LogP contribution is 2.22. The minimum Gasteiger partial charge on any atom is -0.497 e. The number of nitrogens with one attached hydrogen (secondary N) is 1. The number of methoxy groups -OCH3 is 1. The van der Waals surface area contributed by atoms with Gasteiger partial charge in [0.05, 0.1) is 13.0 Å². The zero-order valence-corrected chi connectivity index (χ0v) is 13.3. The summed E-state index contributed by atoms with van der Waals surface area (Å²) >= 11 is 0. The Hall–Kier alpha value is -2.04. The van der Waals surface area contributed by atoms with Crippen molar-refractivity contribution in [2.45, 2.75) is 32.6 Å². The Morgan fingerprint density at radius 3 is 2.95 bits per heavy atom. The van der Waals surface area contributed by atoms with Crippen LogP contribution in [0.1, 0.15) is 32.6 Å². The Kier molecular flexibility index (Phi) is 5.81. The number of amides is 2. The highest BCUT2D eigenvalue weighted by molar-refractivity contribution is 5.97. The SMILES string of the molecule is CCCCCN1CC(C(=O)Nc2cccc(OC)c2)CC1=O. The second kappa shape index (κ2) is 7.82. The van der Waals surface area contributed by atoms with Crippen molar-refractivity contribution in [3.8, 4) is 5.75 Å². The number of nitrogens with zero attached hydrogens (tertiary/aromatic N) is 1. The number of rotatable bonds is 7. The van der Waals surface area contributed by atoms with Crippen LogP contribution in [0.25, 0.3) is 0 Å². The van der Waals surface area contributed by atoms with Gasteiger partial charge in [-0.2, -0.15) is 0 Å². The lowest BCUT2D eigenvalue weighted by atomic mass is 10.1. The van der Waals surface area contributed by atoms with E-state index in [-0.39, 0.29) is 17.7 Å². The number of anilines is 1. The summed E-state index contributed by atoms with van der Waals surface area (Å²) in [7, 11) is 1.59. The van der Waals surface area contributed by atoms with Crippen molar-refractivity contribution in [2.24, 2.45) is 5.92 Å². The van der Waals surface area contributed by atoms with Gasteiger partial charge in [0, 0.05) is 31.3 Å². The summed E-state index contributed by atoms with van der Waals surface area (Å²) in [5, 5.41) is 2.87. The van der Waals surface area contributed by atoms with E-state index in [9.17, 15) is 9.59 Å². The first-order chi connectivity index (χ1) is 10.6. The second-order valence-electron chi connectivity index (χ2n) is 5.67. The van der Waals surface area contributed by atoms with E-state index >= 15 is 0 Å². The molecule has 22 heavy (non-hydrogen) atoms. The molecule has 5 nitrogen and oxygen atoms in total. The third-order valence-electron chi connectivity index (χ3n) is 3.95. The first-order valence-corrected chi connectivity index (χ1v) is 7.86. The fourth-order valence-electron chi connectivity index (χ4n) is 2.66. The van der Waals surface area contributed by atoms with Crippen LogP contribution in [0.5, 0.6) is 5.75 Å². The molecule has 1 aliphatic rings. The summed E-state index contributed by atoms with van der Waals surface area (Å²) < 4.78 is 5.14. The zero-order chi connectivity index (χ0) is 15.9. The minimum atomic E-state index is -0.264. The molecule has 1 unspecified atom stereocenters. The lowest BCUT2D eigenvalue weighted by molar-refractivity contribution is -0.128. The van der Waals surface area contributed by atoms with Gasteiger partial charge in [0.1, 0.15) is 5.75 Å². The summed E-state index contributed by atoms with van der Waals surface area (Å²) in [6, 6.07) is 7.24. The summed E-state index contributed by atoms with van der Waals surface area (Å²) in [5.41, 5.74) is 0.696. The standard InChI is InChI=1S/C17H24N2O3/c1-3-4-5-9-19-12-13(10-16(19)20)17(21)18-14-7-6-8-15(11-14)22-2/h6-8,11,13H,3-5,9-10,12H2,1-2H3,(H,18,21). The van der Waals surface area contributed by atoms with Crippen molar-refractivity contribution < 1.29 is 14.3 Å². The molecular formula is C17H24N2O3. The topological polar surface area (TPSA) is 58.6 Å². The molecule has 0 spiro atoms. The normalized spacial score (nSPS) is 17.6. The van der Waals surface area contributed by atoms with Crippen molar-refractivity contribution in [1.82, 2.24) is 4.90 Å². The molecule has 1 aliphatic heterocycles. The van der Waals surface area contributed by atoms with E-state index in [1.165, 1.54) is 0 Å². The maximum absolute atomic E-state index is 12.3. The largest absolute Gasteiger partial charge is 0.497 e. The Morgan fingerprint density at radius 2 is 2.23 bits per heavy atom. The Balaban J connectivity index is 1.89. The van der Waals surface area contributed by atoms with Crippen molar-refractivity contribution in [3.05, 3.63) is 24.3 Å². The highest BCUT2D eigenvalue weighted by atomic mass is 16.5. The van der Waals surface area contributed by atoms with E-state index in [4.69, 9.17) is 4.74 Å². The van der Waals surface area contributed by atoms with E-state index in [1.807, 2.05) is 23.1 Å². The molecule has 2 rings (SSSR count). The van der Waals surface area contributed by atoms with Crippen molar-refractivity contribution >= 4 is 17.5 Å². The van der Waals surface area contributed by atoms with Crippen molar-refractivity contribution in [2.75, 3.05) is 25.5 Å². The van der Waals surface area contributed by atoms with Gasteiger partial charge in [-0.3, -0.25) is 9.59 Å². The molecule has 120 valence electrons. The first kappa shape index (κ1) is 16.3. The Labute approximate surface area is 131 Å². The van der Waals surface area contributed by atoms with Crippen LogP contribution in [0, 0.1) is 5.92 Å². The molecule has 1 aromatic rings. The smallest absolute Gasteiger partial charge is 0.229 e. The van der Waals surface area contributed by atoms with Crippen LogP contribution >= 0.6 is 0 Å². The summed E-state index contributed by atoms with van der Waals surface area (Å²) in [6.45, 7) is 3.42. The highest BCUT2D eigenvalue weighted by Gasteiger charge is 2.33. The zero-order valence-electron chi connectivity index (χ0n) is 13.3. The Morgan fingerprint density at radius 1 is 1.41 bits per heavy atom. The van der Waals surface area contributed by atoms with Gasteiger partial charge in [-0.25, -0.2) is 0 Å². The van der Waals surface area contributed by atoms with E-state index in [0.29, 0.717) is 24.4 Å². The molecule has 0 radical (unpaired) electrons. The first-order valence-electron chi connectivity index (χ1n) is 7.86. The predicted molar refractivity (Wildman–Crippen MR) is 85.8 cm³/mol. The van der Waals surface area contributed by atoms with Gasteiger partial charge in [-0.05, 0) is 18.6 Å². The molecule has 1 fully saturated rings. The monoisotopic (exact) mass is 304 g/mol. The summed E-state index contributed by atoms with van der Waals surface area (Å²) in [6.07, 6.45) is 3.56. The van der Waals surface area contributed by atoms with E-state index < -0.39 is 0 Å². The van der Waals surface area contributed by atoms with Crippen molar-refractivity contribution in [1.29, 1.82) is 0 Å². The number of hydrogen-bond acceptors (Lipinski definition) is 3. The molecule has 2 amide bonds. The quantitative estimate of drug-likeness (QED) is 0.788. The number of ether oxygens (including phenoxy) is 1. The van der Waals surface area contributed by atoms with Gasteiger partial charge in [0.15, 0.2) is 0 Å². The fraction of sp³-hybridized carbons (Fsp3) is 0.529. The van der Waals surface area contributed by atoms with Crippen LogP contribution in [-0.4, -0.2) is 36.9 Å². The molecule has 0 aliphatic carbocycles. The molecule has 0 bridgehead atoms. The average Bonchev–Trinajstić information content (AvgIpc) is 2.89. The maximum atomic E-state index is 12.3. The number of unbranched alkanes of at least 4 members (excludes halogenated alkanes) is 2. The molecule has 1 atom stereocenters. The lowest BCUT2D eigenvalue weighted by Gasteiger charge is -2.16. The van der Waals surface area contributed by atoms with Crippen molar-refractivity contribution in [3.63, 3.8) is 0 Å². The van der Waals surface area contributed by atoms with E-state index in [0.717, 1.165) is 25.8 Å². The number of hydrogen-bond donors (Lipinski definition) is 1. The molecule has 5 heteroatoms. The van der Waals surface area contributed by atoms with Gasteiger partial charge < -0.3 is 15.0 Å². The number of carbonyl (C=O) groups excluding carboxylic acids is 2. The molecule has 1 saturated heterocycles. The summed E-state index contributed by atoms with van der Waals surface area (Å²) in [5.74, 6) is 0.420. The van der Waals surface area contributed by atoms with E-state index in [1.54, 1.807) is 13.2 Å². The summed E-state index contributed by atoms with van der Waals surface area (Å²) in [4.78, 5) is 26.1. The third-order valence-corrected chi connectivity index (χ3v) is 3.95. The van der Waals surface area contributed by atoms with Gasteiger partial charge in [0.2, 0.25) is 11.8 Å². The minimum absolute atomic E-state index is 0.0851. The van der Waals surface area contributed by atoms with E-state index in [2.05, 4.69) is 12.2 Å². The number of carbonyl (C=O) groups is 2. The third kappa shape index (κ3) is 4.23.